The van der Waals surface area contributed by atoms with Gasteiger partial charge in [0, 0.05) is 7.11 Å². The van der Waals surface area contributed by atoms with Gasteiger partial charge in [-0.15, -0.1) is 0 Å². The van der Waals surface area contributed by atoms with Crippen molar-refractivity contribution < 1.29 is 19.1 Å². The van der Waals surface area contributed by atoms with Crippen LogP contribution in [0.3, 0.4) is 0 Å². The third kappa shape index (κ3) is 2.99. The topological polar surface area (TPSA) is 64.6 Å². The number of amides is 1. The molecule has 1 saturated heterocycles. The summed E-state index contributed by atoms with van der Waals surface area (Å²) in [4.78, 5) is 23.3. The van der Waals surface area contributed by atoms with Crippen LogP contribution in [-0.4, -0.2) is 31.6 Å². The summed E-state index contributed by atoms with van der Waals surface area (Å²) in [6.45, 7) is 2.13. The monoisotopic (exact) mass is 277 g/mol. The number of esters is 1. The molecule has 1 amide bonds. The Bertz CT molecular complexity index is 474. The first-order valence-electron chi connectivity index (χ1n) is 6.72. The minimum Gasteiger partial charge on any atom is -0.461 e. The zero-order valence-corrected chi connectivity index (χ0v) is 11.7. The molecule has 1 fully saturated rings. The fourth-order valence-corrected chi connectivity index (χ4v) is 2.35. The highest BCUT2D eigenvalue weighted by atomic mass is 16.6. The number of rotatable bonds is 6. The van der Waals surface area contributed by atoms with Crippen molar-refractivity contribution in [1.29, 1.82) is 0 Å². The maximum atomic E-state index is 12.0. The molecule has 1 heterocycles. The Morgan fingerprint density at radius 1 is 1.35 bits per heavy atom. The molecule has 3 atom stereocenters. The van der Waals surface area contributed by atoms with Crippen LogP contribution < -0.4 is 5.32 Å². The Morgan fingerprint density at radius 2 is 2.05 bits per heavy atom. The number of hydrogen-bond acceptors (Lipinski definition) is 4. The van der Waals surface area contributed by atoms with Crippen LogP contribution in [0.25, 0.3) is 0 Å². The molecule has 2 rings (SSSR count). The average Bonchev–Trinajstić information content (AvgIpc) is 2.45. The van der Waals surface area contributed by atoms with E-state index in [1.54, 1.807) is 0 Å². The van der Waals surface area contributed by atoms with Gasteiger partial charge in [-0.2, -0.15) is 0 Å². The molecule has 5 heteroatoms. The van der Waals surface area contributed by atoms with Gasteiger partial charge in [0.2, 0.25) is 5.91 Å². The predicted octanol–water partition coefficient (Wildman–Crippen LogP) is 1.44. The van der Waals surface area contributed by atoms with Gasteiger partial charge < -0.3 is 14.8 Å². The molecule has 0 unspecified atom stereocenters. The minimum absolute atomic E-state index is 0.0277. The highest BCUT2D eigenvalue weighted by Gasteiger charge is 2.38. The lowest BCUT2D eigenvalue weighted by molar-refractivity contribution is -0.160. The first kappa shape index (κ1) is 14.5. The molecule has 1 aromatic rings. The van der Waals surface area contributed by atoms with E-state index < -0.39 is 12.1 Å². The lowest BCUT2D eigenvalue weighted by atomic mass is 9.89. The van der Waals surface area contributed by atoms with Crippen LogP contribution in [0.15, 0.2) is 30.3 Å². The van der Waals surface area contributed by atoms with Crippen LogP contribution in [0.1, 0.15) is 25.0 Å². The molecule has 1 aliphatic rings. The Balaban J connectivity index is 1.89. The summed E-state index contributed by atoms with van der Waals surface area (Å²) in [5, 5.41) is 2.74. The van der Waals surface area contributed by atoms with Gasteiger partial charge in [-0.05, 0) is 12.0 Å². The Kier molecular flexibility index (Phi) is 4.74. The molecule has 1 aromatic carbocycles. The van der Waals surface area contributed by atoms with E-state index in [0.717, 1.165) is 12.0 Å². The van der Waals surface area contributed by atoms with E-state index in [2.05, 4.69) is 5.32 Å². The van der Waals surface area contributed by atoms with Gasteiger partial charge in [-0.25, -0.2) is 4.79 Å². The number of carbonyl (C=O) groups is 2. The minimum atomic E-state index is -0.730. The molecule has 0 spiro atoms. The normalized spacial score (nSPS) is 22.6. The van der Waals surface area contributed by atoms with E-state index in [0.29, 0.717) is 0 Å². The molecule has 0 saturated carbocycles. The van der Waals surface area contributed by atoms with E-state index in [9.17, 15) is 9.59 Å². The van der Waals surface area contributed by atoms with Crippen molar-refractivity contribution in [3.05, 3.63) is 35.9 Å². The SMILES string of the molecule is CC[C@H]1C(=O)N[C@H]1COC(=O)[C@H](OC)c1ccccc1. The van der Waals surface area contributed by atoms with Gasteiger partial charge in [-0.1, -0.05) is 37.3 Å². The summed E-state index contributed by atoms with van der Waals surface area (Å²) in [6, 6.07) is 9.11. The van der Waals surface area contributed by atoms with Crippen LogP contribution in [0.5, 0.6) is 0 Å². The van der Waals surface area contributed by atoms with Gasteiger partial charge >= 0.3 is 5.97 Å². The molecule has 0 radical (unpaired) electrons. The number of hydrogen-bond donors (Lipinski definition) is 1. The molecule has 1 N–H and O–H groups in total. The molecule has 108 valence electrons. The van der Waals surface area contributed by atoms with E-state index in [4.69, 9.17) is 9.47 Å². The quantitative estimate of drug-likeness (QED) is 0.631. The molecule has 5 nitrogen and oxygen atoms in total. The summed E-state index contributed by atoms with van der Waals surface area (Å²) >= 11 is 0. The summed E-state index contributed by atoms with van der Waals surface area (Å²) < 4.78 is 10.4. The predicted molar refractivity (Wildman–Crippen MR) is 72.9 cm³/mol. The fraction of sp³-hybridized carbons (Fsp3) is 0.467. The molecule has 0 aromatic heterocycles. The largest absolute Gasteiger partial charge is 0.461 e. The van der Waals surface area contributed by atoms with Crippen molar-refractivity contribution in [2.24, 2.45) is 5.92 Å². The maximum absolute atomic E-state index is 12.0. The van der Waals surface area contributed by atoms with Crippen LogP contribution in [0.2, 0.25) is 0 Å². The van der Waals surface area contributed by atoms with Gasteiger partial charge in [0.15, 0.2) is 6.10 Å². The standard InChI is InChI=1S/C15H19NO4/c1-3-11-12(16-14(11)17)9-20-15(18)13(19-2)10-7-5-4-6-8-10/h4-8,11-13H,3,9H2,1-2H3,(H,16,17)/t11-,12+,13-/m1/s1. The molecular formula is C15H19NO4. The fourth-order valence-electron chi connectivity index (χ4n) is 2.35. The van der Waals surface area contributed by atoms with Crippen LogP contribution in [0.4, 0.5) is 0 Å². The van der Waals surface area contributed by atoms with Crippen LogP contribution >= 0.6 is 0 Å². The number of carbonyl (C=O) groups excluding carboxylic acids is 2. The first-order chi connectivity index (χ1) is 9.67. The number of β-lactam (4-membered cyclic amide) rings is 1. The van der Waals surface area contributed by atoms with Gasteiger partial charge in [-0.3, -0.25) is 4.79 Å². The molecule has 0 bridgehead atoms. The molecule has 0 aliphatic carbocycles. The van der Waals surface area contributed by atoms with E-state index in [-0.39, 0.29) is 24.5 Å². The first-order valence-corrected chi connectivity index (χ1v) is 6.72. The molecule has 1 aliphatic heterocycles. The zero-order chi connectivity index (χ0) is 14.5. The number of ether oxygens (including phenoxy) is 2. The van der Waals surface area contributed by atoms with Crippen molar-refractivity contribution in [1.82, 2.24) is 5.32 Å². The third-order valence-corrected chi connectivity index (χ3v) is 3.55. The smallest absolute Gasteiger partial charge is 0.339 e. The third-order valence-electron chi connectivity index (χ3n) is 3.55. The van der Waals surface area contributed by atoms with Crippen LogP contribution in [-0.2, 0) is 19.1 Å². The lowest BCUT2D eigenvalue weighted by Crippen LogP contribution is -2.60. The second-order valence-electron chi connectivity index (χ2n) is 4.79. The maximum Gasteiger partial charge on any atom is 0.339 e. The highest BCUT2D eigenvalue weighted by Crippen LogP contribution is 2.21. The highest BCUT2D eigenvalue weighted by molar-refractivity contribution is 5.86. The van der Waals surface area contributed by atoms with Crippen molar-refractivity contribution >= 4 is 11.9 Å². The van der Waals surface area contributed by atoms with Crippen LogP contribution in [0, 0.1) is 5.92 Å². The zero-order valence-electron chi connectivity index (χ0n) is 11.7. The summed E-state index contributed by atoms with van der Waals surface area (Å²) in [6.07, 6.45) is 0.0209. The molecular weight excluding hydrogens is 258 g/mol. The van der Waals surface area contributed by atoms with Crippen molar-refractivity contribution in [2.45, 2.75) is 25.5 Å². The Labute approximate surface area is 118 Å². The van der Waals surface area contributed by atoms with E-state index in [1.807, 2.05) is 37.3 Å². The Morgan fingerprint density at radius 3 is 2.60 bits per heavy atom. The number of nitrogens with one attached hydrogen (secondary N) is 1. The second-order valence-corrected chi connectivity index (χ2v) is 4.79. The Hall–Kier alpha value is -1.88. The van der Waals surface area contributed by atoms with E-state index >= 15 is 0 Å². The van der Waals surface area contributed by atoms with Gasteiger partial charge in [0.05, 0.1) is 12.0 Å². The van der Waals surface area contributed by atoms with Crippen molar-refractivity contribution in [2.75, 3.05) is 13.7 Å². The average molecular weight is 277 g/mol. The van der Waals surface area contributed by atoms with Crippen molar-refractivity contribution in [3.63, 3.8) is 0 Å². The molecule has 20 heavy (non-hydrogen) atoms. The number of benzene rings is 1. The number of methoxy groups -OCH3 is 1. The summed E-state index contributed by atoms with van der Waals surface area (Å²) in [7, 11) is 1.47. The summed E-state index contributed by atoms with van der Waals surface area (Å²) in [5.41, 5.74) is 0.754. The van der Waals surface area contributed by atoms with Crippen molar-refractivity contribution in [3.8, 4) is 0 Å². The lowest BCUT2D eigenvalue weighted by Gasteiger charge is -2.35. The second kappa shape index (κ2) is 6.52. The van der Waals surface area contributed by atoms with Gasteiger partial charge in [0.25, 0.3) is 0 Å². The van der Waals surface area contributed by atoms with E-state index in [1.165, 1.54) is 7.11 Å². The summed E-state index contributed by atoms with van der Waals surface area (Å²) in [5.74, 6) is -0.463. The van der Waals surface area contributed by atoms with Gasteiger partial charge in [0.1, 0.15) is 6.61 Å².